The van der Waals surface area contributed by atoms with Crippen molar-refractivity contribution in [2.45, 2.75) is 45.6 Å². The van der Waals surface area contributed by atoms with Gasteiger partial charge in [-0.2, -0.15) is 0 Å². The van der Waals surface area contributed by atoms with Crippen LogP contribution in [0.25, 0.3) is 0 Å². The normalized spacial score (nSPS) is 12.1. The Morgan fingerprint density at radius 3 is 2.72 bits per heavy atom. The summed E-state index contributed by atoms with van der Waals surface area (Å²) in [5.74, 6) is -1.40. The van der Waals surface area contributed by atoms with E-state index < -0.39 is 17.9 Å². The Labute approximate surface area is 110 Å². The summed E-state index contributed by atoms with van der Waals surface area (Å²) in [7, 11) is 0. The molecule has 0 saturated heterocycles. The molecule has 100 valence electrons. The Morgan fingerprint density at radius 2 is 2.17 bits per heavy atom. The van der Waals surface area contributed by atoms with Gasteiger partial charge in [0.15, 0.2) is 0 Å². The van der Waals surface area contributed by atoms with E-state index in [1.807, 2.05) is 13.8 Å². The first-order chi connectivity index (χ1) is 8.60. The molecule has 2 N–H and O–H groups in total. The highest BCUT2D eigenvalue weighted by Gasteiger charge is 2.22. The van der Waals surface area contributed by atoms with Gasteiger partial charge in [-0.1, -0.05) is 31.2 Å². The number of nitrogens with one attached hydrogen (secondary N) is 1. The summed E-state index contributed by atoms with van der Waals surface area (Å²) >= 11 is 0.994. The third kappa shape index (κ3) is 3.76. The lowest BCUT2D eigenvalue weighted by Crippen LogP contribution is -2.40. The third-order valence-corrected chi connectivity index (χ3v) is 3.31. The zero-order valence-corrected chi connectivity index (χ0v) is 11.3. The molecule has 0 aliphatic rings. The summed E-state index contributed by atoms with van der Waals surface area (Å²) in [6.07, 6.45) is 2.69. The van der Waals surface area contributed by atoms with Gasteiger partial charge in [-0.15, -0.1) is 5.10 Å². The lowest BCUT2D eigenvalue weighted by Gasteiger charge is -2.13. The number of carbonyl (C=O) groups excluding carboxylic acids is 1. The fourth-order valence-electron chi connectivity index (χ4n) is 1.50. The molecule has 1 atom stereocenters. The summed E-state index contributed by atoms with van der Waals surface area (Å²) < 4.78 is 3.71. The number of carboxylic acids is 1. The average molecular weight is 271 g/mol. The second-order valence-corrected chi connectivity index (χ2v) is 4.66. The number of unbranched alkanes of at least 4 members (excludes halogenated alkanes) is 1. The predicted molar refractivity (Wildman–Crippen MR) is 67.7 cm³/mol. The van der Waals surface area contributed by atoms with E-state index in [2.05, 4.69) is 14.9 Å². The second kappa shape index (κ2) is 7.05. The van der Waals surface area contributed by atoms with Gasteiger partial charge in [0.1, 0.15) is 10.9 Å². The summed E-state index contributed by atoms with van der Waals surface area (Å²) in [5, 5.41) is 15.4. The number of aliphatic carboxylic acids is 1. The van der Waals surface area contributed by atoms with Crippen molar-refractivity contribution < 1.29 is 14.7 Å². The van der Waals surface area contributed by atoms with Crippen molar-refractivity contribution in [3.8, 4) is 0 Å². The average Bonchev–Trinajstić information content (AvgIpc) is 2.82. The molecule has 0 aliphatic heterocycles. The van der Waals surface area contributed by atoms with Gasteiger partial charge in [0.05, 0.1) is 5.69 Å². The van der Waals surface area contributed by atoms with Gasteiger partial charge in [-0.05, 0) is 24.4 Å². The first-order valence-electron chi connectivity index (χ1n) is 5.95. The molecule has 1 amide bonds. The van der Waals surface area contributed by atoms with Crippen LogP contribution in [0.4, 0.5) is 0 Å². The number of aryl methyl sites for hydroxylation is 1. The molecule has 0 aliphatic carbocycles. The Balaban J connectivity index is 2.69. The monoisotopic (exact) mass is 271 g/mol. The van der Waals surface area contributed by atoms with Crippen LogP contribution in [0.1, 0.15) is 48.5 Å². The van der Waals surface area contributed by atoms with Crippen LogP contribution in [-0.4, -0.2) is 32.6 Å². The van der Waals surface area contributed by atoms with Crippen LogP contribution in [0, 0.1) is 0 Å². The van der Waals surface area contributed by atoms with Crippen LogP contribution in [-0.2, 0) is 11.2 Å². The van der Waals surface area contributed by atoms with Gasteiger partial charge in [0.25, 0.3) is 5.91 Å². The van der Waals surface area contributed by atoms with E-state index in [4.69, 9.17) is 5.11 Å². The minimum atomic E-state index is -1.01. The van der Waals surface area contributed by atoms with Crippen LogP contribution in [0.2, 0.25) is 0 Å². The van der Waals surface area contributed by atoms with Crippen LogP contribution in [0.15, 0.2) is 0 Å². The Hall–Kier alpha value is -1.50. The van der Waals surface area contributed by atoms with Crippen LogP contribution in [0.3, 0.4) is 0 Å². The van der Waals surface area contributed by atoms with Gasteiger partial charge >= 0.3 is 5.97 Å². The molecular weight excluding hydrogens is 254 g/mol. The molecule has 1 aromatic rings. The van der Waals surface area contributed by atoms with Crippen molar-refractivity contribution >= 4 is 23.4 Å². The van der Waals surface area contributed by atoms with E-state index in [-0.39, 0.29) is 0 Å². The summed E-state index contributed by atoms with van der Waals surface area (Å²) in [5.41, 5.74) is 0.608. The lowest BCUT2D eigenvalue weighted by molar-refractivity contribution is -0.139. The van der Waals surface area contributed by atoms with E-state index in [1.54, 1.807) is 0 Å². The zero-order chi connectivity index (χ0) is 13.5. The summed E-state index contributed by atoms with van der Waals surface area (Å²) in [6.45, 7) is 3.85. The van der Waals surface area contributed by atoms with Crippen molar-refractivity contribution in [2.75, 3.05) is 0 Å². The molecule has 0 fully saturated rings. The number of hydrogen-bond acceptors (Lipinski definition) is 5. The predicted octanol–water partition coefficient (Wildman–Crippen LogP) is 1.47. The van der Waals surface area contributed by atoms with Gasteiger partial charge in [-0.3, -0.25) is 4.79 Å². The van der Waals surface area contributed by atoms with Crippen molar-refractivity contribution in [1.29, 1.82) is 0 Å². The largest absolute Gasteiger partial charge is 0.480 e. The summed E-state index contributed by atoms with van der Waals surface area (Å²) in [6, 6.07) is -0.843. The third-order valence-electron chi connectivity index (χ3n) is 2.55. The van der Waals surface area contributed by atoms with Gasteiger partial charge in [0, 0.05) is 0 Å². The molecule has 18 heavy (non-hydrogen) atoms. The number of carboxylic acid groups (broad SMARTS) is 1. The second-order valence-electron chi connectivity index (χ2n) is 3.91. The SMILES string of the molecule is CCCCC(NC(=O)c1snnc1CC)C(=O)O. The van der Waals surface area contributed by atoms with E-state index in [1.165, 1.54) is 0 Å². The lowest BCUT2D eigenvalue weighted by atomic mass is 10.1. The first-order valence-corrected chi connectivity index (χ1v) is 6.72. The number of nitrogens with zero attached hydrogens (tertiary/aromatic N) is 2. The van der Waals surface area contributed by atoms with E-state index in [0.717, 1.165) is 24.4 Å². The summed E-state index contributed by atoms with van der Waals surface area (Å²) in [4.78, 5) is 23.3. The molecule has 1 unspecified atom stereocenters. The molecule has 1 rings (SSSR count). The molecule has 0 saturated carbocycles. The number of hydrogen-bond donors (Lipinski definition) is 2. The number of rotatable bonds is 7. The molecule has 1 heterocycles. The molecule has 0 spiro atoms. The topological polar surface area (TPSA) is 92.2 Å². The van der Waals surface area contributed by atoms with Crippen molar-refractivity contribution in [2.24, 2.45) is 0 Å². The maximum Gasteiger partial charge on any atom is 0.326 e. The Bertz CT molecular complexity index is 419. The molecule has 0 bridgehead atoms. The fraction of sp³-hybridized carbons (Fsp3) is 0.636. The van der Waals surface area contributed by atoms with Crippen molar-refractivity contribution in [3.05, 3.63) is 10.6 Å². The van der Waals surface area contributed by atoms with Crippen LogP contribution < -0.4 is 5.32 Å². The van der Waals surface area contributed by atoms with Crippen molar-refractivity contribution in [1.82, 2.24) is 14.9 Å². The Morgan fingerprint density at radius 1 is 1.44 bits per heavy atom. The number of amides is 1. The van der Waals surface area contributed by atoms with E-state index in [9.17, 15) is 9.59 Å². The van der Waals surface area contributed by atoms with E-state index >= 15 is 0 Å². The zero-order valence-electron chi connectivity index (χ0n) is 10.5. The molecule has 7 heteroatoms. The number of carbonyl (C=O) groups is 2. The highest BCUT2D eigenvalue weighted by molar-refractivity contribution is 7.08. The van der Waals surface area contributed by atoms with Crippen molar-refractivity contribution in [3.63, 3.8) is 0 Å². The standard InChI is InChI=1S/C11H17N3O3S/c1-3-5-6-8(11(16)17)12-10(15)9-7(4-2)13-14-18-9/h8H,3-6H2,1-2H3,(H,12,15)(H,16,17). The minimum Gasteiger partial charge on any atom is -0.480 e. The highest BCUT2D eigenvalue weighted by Crippen LogP contribution is 2.12. The van der Waals surface area contributed by atoms with Gasteiger partial charge in [0.2, 0.25) is 0 Å². The van der Waals surface area contributed by atoms with Crippen LogP contribution in [0.5, 0.6) is 0 Å². The maximum absolute atomic E-state index is 11.9. The number of aromatic nitrogens is 2. The molecule has 0 aromatic carbocycles. The smallest absolute Gasteiger partial charge is 0.326 e. The molecule has 1 aromatic heterocycles. The van der Waals surface area contributed by atoms with Gasteiger partial charge < -0.3 is 10.4 Å². The first kappa shape index (κ1) is 14.6. The van der Waals surface area contributed by atoms with Gasteiger partial charge in [-0.25, -0.2) is 4.79 Å². The molecule has 0 radical (unpaired) electrons. The molecule has 6 nitrogen and oxygen atoms in total. The minimum absolute atomic E-state index is 0.398. The quantitative estimate of drug-likeness (QED) is 0.783. The maximum atomic E-state index is 11.9. The molecular formula is C11H17N3O3S. The Kier molecular flexibility index (Phi) is 5.70. The highest BCUT2D eigenvalue weighted by atomic mass is 32.1. The van der Waals surface area contributed by atoms with E-state index in [0.29, 0.717) is 23.4 Å². The van der Waals surface area contributed by atoms with Crippen LogP contribution >= 0.6 is 11.5 Å². The fourth-order valence-corrected chi connectivity index (χ4v) is 2.16.